The third-order valence-corrected chi connectivity index (χ3v) is 5.07. The van der Waals surface area contributed by atoms with Crippen molar-refractivity contribution in [1.82, 2.24) is 4.98 Å². The molecule has 4 aromatic rings. The van der Waals surface area contributed by atoms with E-state index in [1.54, 1.807) is 18.3 Å². The summed E-state index contributed by atoms with van der Waals surface area (Å²) in [4.78, 5) is 19.4. The summed E-state index contributed by atoms with van der Waals surface area (Å²) in [7, 11) is 0. The second-order valence-corrected chi connectivity index (χ2v) is 7.00. The van der Waals surface area contributed by atoms with Crippen molar-refractivity contribution < 1.29 is 13.9 Å². The molecule has 0 bridgehead atoms. The molecule has 1 aliphatic rings. The Labute approximate surface area is 173 Å². The zero-order chi connectivity index (χ0) is 20.3. The minimum atomic E-state index is -0.0946. The van der Waals surface area contributed by atoms with Crippen LogP contribution in [-0.4, -0.2) is 31.3 Å². The van der Waals surface area contributed by atoms with Crippen LogP contribution in [0.1, 0.15) is 0 Å². The van der Waals surface area contributed by atoms with E-state index in [1.165, 1.54) is 0 Å². The van der Waals surface area contributed by atoms with Gasteiger partial charge in [0.05, 0.1) is 18.6 Å². The predicted molar refractivity (Wildman–Crippen MR) is 115 cm³/mol. The molecule has 0 radical (unpaired) electrons. The van der Waals surface area contributed by atoms with Gasteiger partial charge >= 0.3 is 0 Å². The molecular formula is C24H20N2O4. The van der Waals surface area contributed by atoms with Gasteiger partial charge in [-0.1, -0.05) is 30.3 Å². The van der Waals surface area contributed by atoms with E-state index in [9.17, 15) is 4.79 Å². The molecule has 6 nitrogen and oxygen atoms in total. The van der Waals surface area contributed by atoms with E-state index in [-0.39, 0.29) is 5.43 Å². The van der Waals surface area contributed by atoms with Gasteiger partial charge in [0.25, 0.3) is 0 Å². The molecule has 150 valence electrons. The monoisotopic (exact) mass is 400 g/mol. The summed E-state index contributed by atoms with van der Waals surface area (Å²) in [5.41, 5.74) is 1.69. The van der Waals surface area contributed by atoms with Crippen molar-refractivity contribution in [2.75, 3.05) is 31.2 Å². The van der Waals surface area contributed by atoms with Gasteiger partial charge in [-0.15, -0.1) is 0 Å². The number of rotatable bonds is 4. The highest BCUT2D eigenvalue weighted by atomic mass is 16.5. The second kappa shape index (κ2) is 8.00. The van der Waals surface area contributed by atoms with Gasteiger partial charge in [-0.05, 0) is 30.3 Å². The first-order valence-electron chi connectivity index (χ1n) is 9.87. The molecule has 0 aliphatic carbocycles. The number of hydrogen-bond donors (Lipinski definition) is 0. The zero-order valence-corrected chi connectivity index (χ0v) is 16.3. The topological polar surface area (TPSA) is 64.8 Å². The van der Waals surface area contributed by atoms with Crippen molar-refractivity contribution in [1.29, 1.82) is 0 Å². The molecule has 1 aliphatic heterocycles. The van der Waals surface area contributed by atoms with Crippen LogP contribution in [0.3, 0.4) is 0 Å². The number of ether oxygens (including phenoxy) is 2. The smallest absolute Gasteiger partial charge is 0.200 e. The van der Waals surface area contributed by atoms with Crippen molar-refractivity contribution in [2.24, 2.45) is 0 Å². The van der Waals surface area contributed by atoms with Gasteiger partial charge in [0.1, 0.15) is 17.2 Å². The Bertz CT molecular complexity index is 1230. The maximum Gasteiger partial charge on any atom is 0.200 e. The number of fused-ring (bicyclic) bond motifs is 1. The lowest BCUT2D eigenvalue weighted by Crippen LogP contribution is -2.36. The molecule has 0 amide bonds. The van der Waals surface area contributed by atoms with E-state index in [0.717, 1.165) is 11.3 Å². The molecule has 0 N–H and O–H groups in total. The average molecular weight is 400 g/mol. The molecule has 0 spiro atoms. The Morgan fingerprint density at radius 3 is 2.53 bits per heavy atom. The maximum atomic E-state index is 12.8. The molecule has 1 fully saturated rings. The van der Waals surface area contributed by atoms with Crippen LogP contribution in [0.15, 0.2) is 82.1 Å². The highest BCUT2D eigenvalue weighted by Gasteiger charge is 2.19. The van der Waals surface area contributed by atoms with E-state index >= 15 is 0 Å². The fourth-order valence-corrected chi connectivity index (χ4v) is 3.57. The van der Waals surface area contributed by atoms with E-state index in [4.69, 9.17) is 13.9 Å². The number of benzene rings is 2. The Morgan fingerprint density at radius 1 is 0.933 bits per heavy atom. The highest BCUT2D eigenvalue weighted by Crippen LogP contribution is 2.36. The van der Waals surface area contributed by atoms with Crippen LogP contribution in [0, 0.1) is 0 Å². The van der Waals surface area contributed by atoms with Gasteiger partial charge in [0, 0.05) is 30.9 Å². The number of morpholine rings is 1. The summed E-state index contributed by atoms with van der Waals surface area (Å²) >= 11 is 0. The van der Waals surface area contributed by atoms with Crippen molar-refractivity contribution in [3.63, 3.8) is 0 Å². The molecule has 0 saturated carbocycles. The summed E-state index contributed by atoms with van der Waals surface area (Å²) in [6.07, 6.45) is 1.63. The Kier molecular flexibility index (Phi) is 4.91. The molecule has 2 aromatic heterocycles. The summed E-state index contributed by atoms with van der Waals surface area (Å²) < 4.78 is 17.7. The van der Waals surface area contributed by atoms with Crippen LogP contribution in [0.2, 0.25) is 0 Å². The quantitative estimate of drug-likeness (QED) is 0.503. The first-order chi connectivity index (χ1) is 14.8. The summed E-state index contributed by atoms with van der Waals surface area (Å²) in [6.45, 7) is 2.57. The third kappa shape index (κ3) is 3.53. The minimum absolute atomic E-state index is 0.0946. The molecule has 5 rings (SSSR count). The second-order valence-electron chi connectivity index (χ2n) is 7.00. The number of hydrogen-bond acceptors (Lipinski definition) is 6. The van der Waals surface area contributed by atoms with Crippen LogP contribution in [0.25, 0.3) is 22.2 Å². The number of para-hydroxylation sites is 2. The SMILES string of the molecule is O=c1cc(N2CCOCC2)oc2c(-c3ccccc3Oc3ccccc3)nccc12. The number of aromatic nitrogens is 1. The Balaban J connectivity index is 1.64. The predicted octanol–water partition coefficient (Wildman–Crippen LogP) is 4.48. The molecular weight excluding hydrogens is 380 g/mol. The average Bonchev–Trinajstić information content (AvgIpc) is 2.80. The standard InChI is InChI=1S/C24H20N2O4/c27-20-16-22(26-12-14-28-15-13-26)30-24-18(20)10-11-25-23(24)19-8-4-5-9-21(19)29-17-6-2-1-3-7-17/h1-11,16H,12-15H2. The fraction of sp³-hybridized carbons (Fsp3) is 0.167. The summed E-state index contributed by atoms with van der Waals surface area (Å²) in [5, 5.41) is 0.492. The summed E-state index contributed by atoms with van der Waals surface area (Å²) in [5.74, 6) is 1.90. The van der Waals surface area contributed by atoms with Crippen LogP contribution >= 0.6 is 0 Å². The molecule has 1 saturated heterocycles. The maximum absolute atomic E-state index is 12.8. The fourth-order valence-electron chi connectivity index (χ4n) is 3.57. The van der Waals surface area contributed by atoms with Crippen LogP contribution in [0.5, 0.6) is 11.5 Å². The number of pyridine rings is 1. The molecule has 6 heteroatoms. The van der Waals surface area contributed by atoms with Crippen molar-refractivity contribution in [3.8, 4) is 22.8 Å². The van der Waals surface area contributed by atoms with Crippen LogP contribution in [-0.2, 0) is 4.74 Å². The van der Waals surface area contributed by atoms with Crippen molar-refractivity contribution in [2.45, 2.75) is 0 Å². The van der Waals surface area contributed by atoms with Gasteiger partial charge in [-0.25, -0.2) is 0 Å². The lowest BCUT2D eigenvalue weighted by molar-refractivity contribution is 0.121. The first-order valence-corrected chi connectivity index (χ1v) is 9.87. The van der Waals surface area contributed by atoms with E-state index < -0.39 is 0 Å². The van der Waals surface area contributed by atoms with Gasteiger partial charge in [-0.3, -0.25) is 9.78 Å². The highest BCUT2D eigenvalue weighted by molar-refractivity contribution is 5.91. The van der Waals surface area contributed by atoms with Gasteiger partial charge < -0.3 is 18.8 Å². The number of anilines is 1. The zero-order valence-electron chi connectivity index (χ0n) is 16.3. The van der Waals surface area contributed by atoms with E-state index in [2.05, 4.69) is 4.98 Å². The Hall–Kier alpha value is -3.64. The minimum Gasteiger partial charge on any atom is -0.457 e. The normalized spacial score (nSPS) is 14.1. The van der Waals surface area contributed by atoms with Crippen LogP contribution in [0.4, 0.5) is 5.88 Å². The van der Waals surface area contributed by atoms with E-state index in [0.29, 0.717) is 54.6 Å². The molecule has 2 aromatic carbocycles. The van der Waals surface area contributed by atoms with Gasteiger partial charge in [-0.2, -0.15) is 0 Å². The lowest BCUT2D eigenvalue weighted by atomic mass is 10.1. The molecule has 3 heterocycles. The van der Waals surface area contributed by atoms with Crippen molar-refractivity contribution in [3.05, 3.63) is 83.2 Å². The first kappa shape index (κ1) is 18.4. The largest absolute Gasteiger partial charge is 0.457 e. The van der Waals surface area contributed by atoms with Gasteiger partial charge in [0.15, 0.2) is 16.9 Å². The molecule has 0 atom stereocenters. The summed E-state index contributed by atoms with van der Waals surface area (Å²) in [6, 6.07) is 20.4. The lowest BCUT2D eigenvalue weighted by Gasteiger charge is -2.27. The van der Waals surface area contributed by atoms with Gasteiger partial charge in [0.2, 0.25) is 0 Å². The molecule has 0 unspecified atom stereocenters. The molecule has 30 heavy (non-hydrogen) atoms. The van der Waals surface area contributed by atoms with Crippen LogP contribution < -0.4 is 15.1 Å². The van der Waals surface area contributed by atoms with E-state index in [1.807, 2.05) is 59.5 Å². The third-order valence-electron chi connectivity index (χ3n) is 5.07. The van der Waals surface area contributed by atoms with Crippen molar-refractivity contribution >= 4 is 16.9 Å². The Morgan fingerprint density at radius 2 is 1.70 bits per heavy atom. The number of nitrogens with zero attached hydrogens (tertiary/aromatic N) is 2.